The first-order chi connectivity index (χ1) is 9.17. The number of hydrogen-bond acceptors (Lipinski definition) is 3. The van der Waals surface area contributed by atoms with Gasteiger partial charge >= 0.3 is 0 Å². The third-order valence-corrected chi connectivity index (χ3v) is 4.19. The Morgan fingerprint density at radius 1 is 1.26 bits per heavy atom. The molecule has 0 aliphatic carbocycles. The second kappa shape index (κ2) is 6.40. The monoisotopic (exact) mass is 262 g/mol. The van der Waals surface area contributed by atoms with Crippen molar-refractivity contribution in [2.45, 2.75) is 39.3 Å². The summed E-state index contributed by atoms with van der Waals surface area (Å²) in [6.07, 6.45) is 0.414. The van der Waals surface area contributed by atoms with Crippen molar-refractivity contribution < 1.29 is 5.11 Å². The van der Waals surface area contributed by atoms with E-state index in [9.17, 15) is 5.11 Å². The fourth-order valence-electron chi connectivity index (χ4n) is 2.96. The predicted molar refractivity (Wildman–Crippen MR) is 80.6 cm³/mol. The lowest BCUT2D eigenvalue weighted by atomic mass is 10.0. The van der Waals surface area contributed by atoms with Crippen LogP contribution in [0.2, 0.25) is 0 Å². The van der Waals surface area contributed by atoms with Gasteiger partial charge in [-0.15, -0.1) is 0 Å². The van der Waals surface area contributed by atoms with Gasteiger partial charge in [0.15, 0.2) is 0 Å². The minimum atomic E-state index is -0.351. The standard InChI is InChI=1S/C16H26N2O/c1-4-16(19)14-8-6-7-9-15(14)18-11-10-17(5-2)13(3)12-18/h6-9,13,16,19H,4-5,10-12H2,1-3H3. The zero-order valence-electron chi connectivity index (χ0n) is 12.3. The Labute approximate surface area is 116 Å². The van der Waals surface area contributed by atoms with Crippen molar-refractivity contribution in [1.82, 2.24) is 4.90 Å². The van der Waals surface area contributed by atoms with Crippen molar-refractivity contribution >= 4 is 5.69 Å². The average Bonchev–Trinajstić information content (AvgIpc) is 2.46. The van der Waals surface area contributed by atoms with Gasteiger partial charge in [0.25, 0.3) is 0 Å². The van der Waals surface area contributed by atoms with Gasteiger partial charge in [0, 0.05) is 36.9 Å². The molecule has 1 aromatic carbocycles. The summed E-state index contributed by atoms with van der Waals surface area (Å²) in [7, 11) is 0. The van der Waals surface area contributed by atoms with E-state index in [1.165, 1.54) is 5.69 Å². The minimum absolute atomic E-state index is 0.351. The fourth-order valence-corrected chi connectivity index (χ4v) is 2.96. The molecule has 1 aliphatic heterocycles. The highest BCUT2D eigenvalue weighted by Gasteiger charge is 2.24. The van der Waals surface area contributed by atoms with Crippen LogP contribution in [0.3, 0.4) is 0 Å². The van der Waals surface area contributed by atoms with Crippen LogP contribution in [0.15, 0.2) is 24.3 Å². The number of likely N-dealkylation sites (N-methyl/N-ethyl adjacent to an activating group) is 1. The highest BCUT2D eigenvalue weighted by Crippen LogP contribution is 2.29. The molecule has 1 aliphatic rings. The van der Waals surface area contributed by atoms with Gasteiger partial charge in [-0.25, -0.2) is 0 Å². The summed E-state index contributed by atoms with van der Waals surface area (Å²) in [4.78, 5) is 4.93. The molecule has 1 N–H and O–H groups in total. The molecule has 2 rings (SSSR count). The van der Waals surface area contributed by atoms with E-state index in [4.69, 9.17) is 0 Å². The largest absolute Gasteiger partial charge is 0.388 e. The quantitative estimate of drug-likeness (QED) is 0.903. The lowest BCUT2D eigenvalue weighted by molar-refractivity contribution is 0.172. The first kappa shape index (κ1) is 14.4. The summed E-state index contributed by atoms with van der Waals surface area (Å²) >= 11 is 0. The summed E-state index contributed by atoms with van der Waals surface area (Å²) in [5, 5.41) is 10.2. The molecule has 0 saturated carbocycles. The Bertz CT molecular complexity index is 407. The molecular weight excluding hydrogens is 236 g/mol. The number of aliphatic hydroxyl groups is 1. The second-order valence-electron chi connectivity index (χ2n) is 5.41. The summed E-state index contributed by atoms with van der Waals surface area (Å²) in [5.41, 5.74) is 2.28. The molecule has 0 aromatic heterocycles. The minimum Gasteiger partial charge on any atom is -0.388 e. The number of para-hydroxylation sites is 1. The average molecular weight is 262 g/mol. The molecular formula is C16H26N2O. The van der Waals surface area contributed by atoms with Crippen LogP contribution in [0.5, 0.6) is 0 Å². The lowest BCUT2D eigenvalue weighted by Gasteiger charge is -2.41. The first-order valence-electron chi connectivity index (χ1n) is 7.43. The van der Waals surface area contributed by atoms with Crippen LogP contribution in [-0.4, -0.2) is 42.2 Å². The van der Waals surface area contributed by atoms with Crippen LogP contribution in [0.25, 0.3) is 0 Å². The summed E-state index contributed by atoms with van der Waals surface area (Å²) in [6.45, 7) is 10.9. The lowest BCUT2D eigenvalue weighted by Crippen LogP contribution is -2.52. The van der Waals surface area contributed by atoms with Crippen LogP contribution in [0.4, 0.5) is 5.69 Å². The molecule has 1 fully saturated rings. The molecule has 19 heavy (non-hydrogen) atoms. The Kier molecular flexibility index (Phi) is 4.83. The molecule has 106 valence electrons. The number of aliphatic hydroxyl groups excluding tert-OH is 1. The van der Waals surface area contributed by atoms with Gasteiger partial charge in [-0.1, -0.05) is 32.0 Å². The van der Waals surface area contributed by atoms with Gasteiger partial charge in [0.05, 0.1) is 6.10 Å². The Balaban J connectivity index is 2.19. The molecule has 2 atom stereocenters. The van der Waals surface area contributed by atoms with Crippen molar-refractivity contribution in [1.29, 1.82) is 0 Å². The van der Waals surface area contributed by atoms with E-state index in [1.807, 2.05) is 13.0 Å². The van der Waals surface area contributed by atoms with E-state index in [-0.39, 0.29) is 6.10 Å². The third kappa shape index (κ3) is 3.10. The van der Waals surface area contributed by atoms with E-state index >= 15 is 0 Å². The molecule has 0 amide bonds. The zero-order valence-corrected chi connectivity index (χ0v) is 12.3. The molecule has 0 bridgehead atoms. The highest BCUT2D eigenvalue weighted by atomic mass is 16.3. The van der Waals surface area contributed by atoms with Crippen LogP contribution in [0.1, 0.15) is 38.9 Å². The molecule has 0 spiro atoms. The number of benzene rings is 1. The number of piperazine rings is 1. The fraction of sp³-hybridized carbons (Fsp3) is 0.625. The maximum Gasteiger partial charge on any atom is 0.0807 e. The van der Waals surface area contributed by atoms with Crippen LogP contribution in [0, 0.1) is 0 Å². The van der Waals surface area contributed by atoms with Gasteiger partial charge < -0.3 is 10.0 Å². The second-order valence-corrected chi connectivity index (χ2v) is 5.41. The van der Waals surface area contributed by atoms with E-state index in [0.29, 0.717) is 6.04 Å². The molecule has 1 heterocycles. The van der Waals surface area contributed by atoms with E-state index in [0.717, 1.165) is 38.2 Å². The number of rotatable bonds is 4. The van der Waals surface area contributed by atoms with Gasteiger partial charge in [-0.2, -0.15) is 0 Å². The van der Waals surface area contributed by atoms with Crippen molar-refractivity contribution in [3.63, 3.8) is 0 Å². The Morgan fingerprint density at radius 2 is 2.00 bits per heavy atom. The summed E-state index contributed by atoms with van der Waals surface area (Å²) < 4.78 is 0. The molecule has 0 radical (unpaired) electrons. The number of anilines is 1. The maximum atomic E-state index is 10.2. The molecule has 1 aromatic rings. The van der Waals surface area contributed by atoms with Gasteiger partial charge in [-0.3, -0.25) is 4.90 Å². The van der Waals surface area contributed by atoms with Gasteiger partial charge in [0.2, 0.25) is 0 Å². The van der Waals surface area contributed by atoms with Crippen molar-refractivity contribution in [2.24, 2.45) is 0 Å². The SMILES string of the molecule is CCC(O)c1ccccc1N1CCN(CC)C(C)C1. The molecule has 3 nitrogen and oxygen atoms in total. The summed E-state index contributed by atoms with van der Waals surface area (Å²) in [6, 6.07) is 8.86. The predicted octanol–water partition coefficient (Wildman–Crippen LogP) is 2.66. The Morgan fingerprint density at radius 3 is 2.63 bits per heavy atom. The van der Waals surface area contributed by atoms with Crippen LogP contribution >= 0.6 is 0 Å². The normalized spacial score (nSPS) is 22.5. The number of hydrogen-bond donors (Lipinski definition) is 1. The van der Waals surface area contributed by atoms with E-state index in [1.54, 1.807) is 0 Å². The third-order valence-electron chi connectivity index (χ3n) is 4.19. The van der Waals surface area contributed by atoms with Gasteiger partial charge in [0.1, 0.15) is 0 Å². The van der Waals surface area contributed by atoms with Gasteiger partial charge in [-0.05, 0) is 26.0 Å². The zero-order chi connectivity index (χ0) is 13.8. The Hall–Kier alpha value is -1.06. The topological polar surface area (TPSA) is 26.7 Å². The van der Waals surface area contributed by atoms with E-state index in [2.05, 4.69) is 41.8 Å². The highest BCUT2D eigenvalue weighted by molar-refractivity contribution is 5.55. The number of nitrogens with zero attached hydrogens (tertiary/aromatic N) is 2. The van der Waals surface area contributed by atoms with Crippen molar-refractivity contribution in [2.75, 3.05) is 31.1 Å². The molecule has 3 heteroatoms. The van der Waals surface area contributed by atoms with Crippen LogP contribution in [-0.2, 0) is 0 Å². The first-order valence-corrected chi connectivity index (χ1v) is 7.43. The summed E-state index contributed by atoms with van der Waals surface area (Å²) in [5.74, 6) is 0. The molecule has 1 saturated heterocycles. The van der Waals surface area contributed by atoms with Crippen LogP contribution < -0.4 is 4.90 Å². The van der Waals surface area contributed by atoms with Crippen molar-refractivity contribution in [3.05, 3.63) is 29.8 Å². The smallest absolute Gasteiger partial charge is 0.0807 e. The molecule has 2 unspecified atom stereocenters. The van der Waals surface area contributed by atoms with Crippen molar-refractivity contribution in [3.8, 4) is 0 Å². The maximum absolute atomic E-state index is 10.2. The van der Waals surface area contributed by atoms with E-state index < -0.39 is 0 Å².